The monoisotopic (exact) mass is 164 g/mol. The number of aliphatic hydroxyl groups is 2. The third-order valence-corrected chi connectivity index (χ3v) is 0.838. The Kier molecular flexibility index (Phi) is 2.97. The van der Waals surface area contributed by atoms with Gasteiger partial charge in [0, 0.05) is 6.92 Å². The summed E-state index contributed by atoms with van der Waals surface area (Å²) in [7, 11) is 0. The SMILES string of the molecule is CC(O)(OC(=O)CO)C(=O)O. The van der Waals surface area contributed by atoms with Gasteiger partial charge in [-0.2, -0.15) is 0 Å². The van der Waals surface area contributed by atoms with Crippen LogP contribution in [0.15, 0.2) is 0 Å². The van der Waals surface area contributed by atoms with E-state index in [-0.39, 0.29) is 0 Å². The zero-order valence-electron chi connectivity index (χ0n) is 5.77. The van der Waals surface area contributed by atoms with E-state index in [0.717, 1.165) is 6.92 Å². The van der Waals surface area contributed by atoms with E-state index in [1.807, 2.05) is 0 Å². The number of carboxylic acids is 1. The van der Waals surface area contributed by atoms with Crippen molar-refractivity contribution in [2.24, 2.45) is 0 Å². The number of carbonyl (C=O) groups excluding carboxylic acids is 1. The van der Waals surface area contributed by atoms with Crippen molar-refractivity contribution < 1.29 is 29.6 Å². The maximum Gasteiger partial charge on any atom is 0.376 e. The summed E-state index contributed by atoms with van der Waals surface area (Å²) in [6.07, 6.45) is 0. The lowest BCUT2D eigenvalue weighted by atomic mass is 10.3. The van der Waals surface area contributed by atoms with Crippen LogP contribution in [0.5, 0.6) is 0 Å². The lowest BCUT2D eigenvalue weighted by Crippen LogP contribution is -2.40. The summed E-state index contributed by atoms with van der Waals surface area (Å²) in [5.41, 5.74) is 0. The number of rotatable bonds is 3. The highest BCUT2D eigenvalue weighted by Crippen LogP contribution is 2.04. The Bertz CT molecular complexity index is 172. The zero-order chi connectivity index (χ0) is 9.07. The molecule has 3 N–H and O–H groups in total. The Morgan fingerprint density at radius 2 is 2.00 bits per heavy atom. The third-order valence-electron chi connectivity index (χ3n) is 0.838. The van der Waals surface area contributed by atoms with Crippen molar-refractivity contribution in [3.8, 4) is 0 Å². The molecule has 0 aliphatic heterocycles. The molecule has 0 aliphatic rings. The van der Waals surface area contributed by atoms with Crippen LogP contribution in [0.4, 0.5) is 0 Å². The minimum absolute atomic E-state index is 0.781. The molecule has 64 valence electrons. The smallest absolute Gasteiger partial charge is 0.376 e. The number of esters is 1. The van der Waals surface area contributed by atoms with Crippen molar-refractivity contribution in [1.82, 2.24) is 0 Å². The zero-order valence-corrected chi connectivity index (χ0v) is 5.77. The second-order valence-corrected chi connectivity index (χ2v) is 1.92. The minimum Gasteiger partial charge on any atom is -0.476 e. The summed E-state index contributed by atoms with van der Waals surface area (Å²) in [6.45, 7) is -0.188. The summed E-state index contributed by atoms with van der Waals surface area (Å²) in [6, 6.07) is 0. The van der Waals surface area contributed by atoms with Crippen LogP contribution in [-0.4, -0.2) is 39.7 Å². The molecule has 0 spiro atoms. The normalized spacial score (nSPS) is 15.2. The van der Waals surface area contributed by atoms with Gasteiger partial charge in [-0.1, -0.05) is 0 Å². The van der Waals surface area contributed by atoms with Gasteiger partial charge in [0.2, 0.25) is 0 Å². The van der Waals surface area contributed by atoms with E-state index in [9.17, 15) is 9.59 Å². The van der Waals surface area contributed by atoms with E-state index in [0.29, 0.717) is 0 Å². The Morgan fingerprint density at radius 3 is 2.27 bits per heavy atom. The molecule has 0 radical (unpaired) electrons. The standard InChI is InChI=1S/C5H8O6/c1-5(10,4(8)9)11-3(7)2-6/h6,10H,2H2,1H3,(H,8,9). The van der Waals surface area contributed by atoms with Gasteiger partial charge in [0.25, 0.3) is 0 Å². The molecular formula is C5H8O6. The molecule has 0 amide bonds. The van der Waals surface area contributed by atoms with Crippen LogP contribution in [0.3, 0.4) is 0 Å². The van der Waals surface area contributed by atoms with E-state index in [1.54, 1.807) is 0 Å². The number of hydrogen-bond acceptors (Lipinski definition) is 5. The van der Waals surface area contributed by atoms with Gasteiger partial charge in [-0.15, -0.1) is 0 Å². The molecule has 0 aromatic rings. The predicted molar refractivity (Wildman–Crippen MR) is 31.4 cm³/mol. The minimum atomic E-state index is -2.57. The quantitative estimate of drug-likeness (QED) is 0.340. The van der Waals surface area contributed by atoms with Gasteiger partial charge in [0.1, 0.15) is 6.61 Å². The molecule has 0 heterocycles. The van der Waals surface area contributed by atoms with Gasteiger partial charge in [0.15, 0.2) is 0 Å². The molecule has 0 aromatic heterocycles. The average molecular weight is 164 g/mol. The molecule has 0 bridgehead atoms. The second kappa shape index (κ2) is 3.31. The van der Waals surface area contributed by atoms with Crippen LogP contribution in [0.25, 0.3) is 0 Å². The number of carboxylic acid groups (broad SMARTS) is 1. The number of hydrogen-bond donors (Lipinski definition) is 3. The fourth-order valence-electron chi connectivity index (χ4n) is 0.298. The first-order valence-electron chi connectivity index (χ1n) is 2.68. The van der Waals surface area contributed by atoms with Crippen LogP contribution >= 0.6 is 0 Å². The molecule has 0 aromatic carbocycles. The maximum absolute atomic E-state index is 10.2. The van der Waals surface area contributed by atoms with E-state index in [4.69, 9.17) is 15.3 Å². The van der Waals surface area contributed by atoms with Crippen LogP contribution in [0.1, 0.15) is 6.92 Å². The van der Waals surface area contributed by atoms with Crippen molar-refractivity contribution in [3.63, 3.8) is 0 Å². The Morgan fingerprint density at radius 1 is 1.55 bits per heavy atom. The number of aliphatic hydroxyl groups excluding tert-OH is 1. The topological polar surface area (TPSA) is 104 Å². The van der Waals surface area contributed by atoms with Crippen molar-refractivity contribution in [2.75, 3.05) is 6.61 Å². The first kappa shape index (κ1) is 9.86. The Balaban J connectivity index is 4.12. The largest absolute Gasteiger partial charge is 0.476 e. The van der Waals surface area contributed by atoms with Crippen molar-refractivity contribution >= 4 is 11.9 Å². The van der Waals surface area contributed by atoms with Gasteiger partial charge >= 0.3 is 17.7 Å². The molecule has 6 nitrogen and oxygen atoms in total. The Hall–Kier alpha value is -1.14. The number of ether oxygens (including phenoxy) is 1. The van der Waals surface area contributed by atoms with Crippen molar-refractivity contribution in [1.29, 1.82) is 0 Å². The highest BCUT2D eigenvalue weighted by molar-refractivity contribution is 5.80. The molecule has 0 rings (SSSR count). The lowest BCUT2D eigenvalue weighted by molar-refractivity contribution is -0.218. The van der Waals surface area contributed by atoms with Crippen molar-refractivity contribution in [2.45, 2.75) is 12.7 Å². The second-order valence-electron chi connectivity index (χ2n) is 1.92. The van der Waals surface area contributed by atoms with Crippen LogP contribution < -0.4 is 0 Å². The molecule has 6 heteroatoms. The summed E-state index contributed by atoms with van der Waals surface area (Å²) in [5.74, 6) is -5.46. The van der Waals surface area contributed by atoms with Gasteiger partial charge in [-0.25, -0.2) is 9.59 Å². The van der Waals surface area contributed by atoms with Crippen LogP contribution in [0, 0.1) is 0 Å². The average Bonchev–Trinajstić information content (AvgIpc) is 1.86. The molecule has 0 saturated carbocycles. The predicted octanol–water partition coefficient (Wildman–Crippen LogP) is -1.69. The molecule has 1 atom stereocenters. The summed E-state index contributed by atoms with van der Waals surface area (Å²) in [5, 5.41) is 25.0. The maximum atomic E-state index is 10.2. The van der Waals surface area contributed by atoms with Crippen LogP contribution in [0.2, 0.25) is 0 Å². The molecule has 0 saturated heterocycles. The van der Waals surface area contributed by atoms with E-state index in [2.05, 4.69) is 4.74 Å². The Labute approximate surface area is 62.0 Å². The third kappa shape index (κ3) is 2.96. The van der Waals surface area contributed by atoms with E-state index < -0.39 is 24.3 Å². The van der Waals surface area contributed by atoms with Crippen LogP contribution in [-0.2, 0) is 14.3 Å². The number of carbonyl (C=O) groups is 2. The lowest BCUT2D eigenvalue weighted by Gasteiger charge is -2.16. The molecular weight excluding hydrogens is 156 g/mol. The molecule has 1 unspecified atom stereocenters. The van der Waals surface area contributed by atoms with Gasteiger partial charge in [-0.05, 0) is 0 Å². The van der Waals surface area contributed by atoms with Gasteiger partial charge < -0.3 is 20.1 Å². The summed E-state index contributed by atoms with van der Waals surface area (Å²) >= 11 is 0. The van der Waals surface area contributed by atoms with Gasteiger partial charge in [0.05, 0.1) is 0 Å². The van der Waals surface area contributed by atoms with Gasteiger partial charge in [-0.3, -0.25) is 0 Å². The highest BCUT2D eigenvalue weighted by Gasteiger charge is 2.34. The highest BCUT2D eigenvalue weighted by atomic mass is 16.7. The van der Waals surface area contributed by atoms with E-state index >= 15 is 0 Å². The molecule has 0 fully saturated rings. The van der Waals surface area contributed by atoms with Crippen molar-refractivity contribution in [3.05, 3.63) is 0 Å². The summed E-state index contributed by atoms with van der Waals surface area (Å²) in [4.78, 5) is 20.3. The fraction of sp³-hybridized carbons (Fsp3) is 0.600. The number of aliphatic carboxylic acids is 1. The molecule has 11 heavy (non-hydrogen) atoms. The first-order chi connectivity index (χ1) is 4.90. The first-order valence-corrected chi connectivity index (χ1v) is 2.68. The molecule has 0 aliphatic carbocycles. The van der Waals surface area contributed by atoms with E-state index in [1.165, 1.54) is 0 Å². The summed E-state index contributed by atoms with van der Waals surface area (Å²) < 4.78 is 3.92. The fourth-order valence-corrected chi connectivity index (χ4v) is 0.298.